The zero-order valence-corrected chi connectivity index (χ0v) is 7.49. The molecule has 1 saturated heterocycles. The van der Waals surface area contributed by atoms with E-state index in [2.05, 4.69) is 0 Å². The second-order valence-corrected chi connectivity index (χ2v) is 5.07. The van der Waals surface area contributed by atoms with E-state index in [0.29, 0.717) is 5.75 Å². The Labute approximate surface area is 71.6 Å². The van der Waals surface area contributed by atoms with E-state index in [1.54, 1.807) is 11.3 Å². The van der Waals surface area contributed by atoms with Crippen molar-refractivity contribution in [2.75, 3.05) is 12.4 Å². The van der Waals surface area contributed by atoms with Crippen molar-refractivity contribution in [3.63, 3.8) is 0 Å². The lowest BCUT2D eigenvalue weighted by molar-refractivity contribution is 0.425. The van der Waals surface area contributed by atoms with E-state index in [9.17, 15) is 4.21 Å². The maximum absolute atomic E-state index is 11.4. The van der Waals surface area contributed by atoms with E-state index in [1.165, 1.54) is 0 Å². The second kappa shape index (κ2) is 3.05. The topological polar surface area (TPSA) is 29.6 Å². The molecule has 0 aliphatic carbocycles. The Hall–Kier alpha value is -0.190. The van der Waals surface area contributed by atoms with Gasteiger partial charge in [0.15, 0.2) is 0 Å². The zero-order chi connectivity index (χ0) is 7.68. The number of rotatable bonds is 3. The summed E-state index contributed by atoms with van der Waals surface area (Å²) in [6, 6.07) is 3.83. The predicted octanol–water partition coefficient (Wildman–Crippen LogP) is 1.25. The van der Waals surface area contributed by atoms with Gasteiger partial charge in [0.05, 0.1) is 33.5 Å². The van der Waals surface area contributed by atoms with E-state index in [4.69, 9.17) is 4.74 Å². The van der Waals surface area contributed by atoms with Gasteiger partial charge in [0.1, 0.15) is 0 Å². The summed E-state index contributed by atoms with van der Waals surface area (Å²) in [6.45, 7) is 0.789. The summed E-state index contributed by atoms with van der Waals surface area (Å²) in [7, 11) is -0.826. The van der Waals surface area contributed by atoms with E-state index in [0.717, 1.165) is 10.8 Å². The van der Waals surface area contributed by atoms with Crippen LogP contribution in [0.4, 0.5) is 0 Å². The lowest BCUT2D eigenvalue weighted by atomic mass is 10.6. The molecular formula is C7H8O2S2. The van der Waals surface area contributed by atoms with Gasteiger partial charge < -0.3 is 4.74 Å². The molecule has 1 aliphatic heterocycles. The van der Waals surface area contributed by atoms with Gasteiger partial charge in [-0.3, -0.25) is 4.21 Å². The highest BCUT2D eigenvalue weighted by Gasteiger charge is 2.25. The van der Waals surface area contributed by atoms with Crippen LogP contribution in [0.3, 0.4) is 0 Å². The van der Waals surface area contributed by atoms with Crippen molar-refractivity contribution in [1.82, 2.24) is 0 Å². The molecule has 2 rings (SSSR count). The first-order valence-electron chi connectivity index (χ1n) is 3.40. The van der Waals surface area contributed by atoms with Crippen LogP contribution in [-0.2, 0) is 15.5 Å². The molecule has 0 saturated carbocycles. The highest BCUT2D eigenvalue weighted by molar-refractivity contribution is 7.87. The fourth-order valence-corrected chi connectivity index (χ4v) is 2.98. The van der Waals surface area contributed by atoms with Crippen LogP contribution in [0, 0.1) is 0 Å². The molecule has 11 heavy (non-hydrogen) atoms. The minimum atomic E-state index is -0.826. The summed E-state index contributed by atoms with van der Waals surface area (Å²) in [5.41, 5.74) is 0. The van der Waals surface area contributed by atoms with Crippen LogP contribution in [0.5, 0.6) is 0 Å². The van der Waals surface area contributed by atoms with E-state index < -0.39 is 10.8 Å². The summed E-state index contributed by atoms with van der Waals surface area (Å²) in [5.74, 6) is 0.667. The molecule has 2 atom stereocenters. The lowest BCUT2D eigenvalue weighted by Gasteiger charge is -1.92. The van der Waals surface area contributed by atoms with E-state index in [1.807, 2.05) is 17.5 Å². The molecule has 0 spiro atoms. The summed E-state index contributed by atoms with van der Waals surface area (Å²) in [5, 5.41) is 1.95. The third-order valence-electron chi connectivity index (χ3n) is 1.46. The zero-order valence-electron chi connectivity index (χ0n) is 5.86. The second-order valence-electron chi connectivity index (χ2n) is 2.40. The monoisotopic (exact) mass is 188 g/mol. The van der Waals surface area contributed by atoms with Crippen molar-refractivity contribution in [3.05, 3.63) is 17.5 Å². The first kappa shape index (κ1) is 7.46. The van der Waals surface area contributed by atoms with Crippen LogP contribution >= 0.6 is 11.3 Å². The molecule has 60 valence electrons. The highest BCUT2D eigenvalue weighted by Crippen LogP contribution is 2.18. The Balaban J connectivity index is 1.99. The predicted molar refractivity (Wildman–Crippen MR) is 45.3 cm³/mol. The fraction of sp³-hybridized carbons (Fsp3) is 0.429. The van der Waals surface area contributed by atoms with Gasteiger partial charge in [-0.05, 0) is 11.4 Å². The van der Waals surface area contributed by atoms with Gasteiger partial charge in [0, 0.05) is 0 Å². The summed E-state index contributed by atoms with van der Waals surface area (Å²) >= 11 is 1.55. The first-order chi connectivity index (χ1) is 5.36. The molecule has 1 aliphatic rings. The SMILES string of the molecule is O=S(C[C@@H]1CO1)c1cccs1. The van der Waals surface area contributed by atoms with Gasteiger partial charge in [-0.25, -0.2) is 0 Å². The van der Waals surface area contributed by atoms with Crippen LogP contribution in [0.2, 0.25) is 0 Å². The number of epoxide rings is 1. The summed E-state index contributed by atoms with van der Waals surface area (Å²) in [4.78, 5) is 0. The van der Waals surface area contributed by atoms with Crippen LogP contribution in [0.25, 0.3) is 0 Å². The van der Waals surface area contributed by atoms with Gasteiger partial charge in [-0.1, -0.05) is 6.07 Å². The maximum atomic E-state index is 11.4. The number of hydrogen-bond acceptors (Lipinski definition) is 3. The summed E-state index contributed by atoms with van der Waals surface area (Å²) < 4.78 is 17.3. The molecule has 2 nitrogen and oxygen atoms in total. The molecule has 1 unspecified atom stereocenters. The quantitative estimate of drug-likeness (QED) is 0.668. The largest absolute Gasteiger partial charge is 0.372 e. The van der Waals surface area contributed by atoms with Gasteiger partial charge in [-0.15, -0.1) is 11.3 Å². The molecule has 0 bridgehead atoms. The van der Waals surface area contributed by atoms with Crippen molar-refractivity contribution in [3.8, 4) is 0 Å². The molecule has 1 aromatic rings. The first-order valence-corrected chi connectivity index (χ1v) is 5.59. The van der Waals surface area contributed by atoms with Crippen molar-refractivity contribution < 1.29 is 8.95 Å². The standard InChI is InChI=1S/C7H8O2S2/c8-11(5-6-4-9-6)7-2-1-3-10-7/h1-3,6H,4-5H2/t6-,11?/m0/s1. The Bertz CT molecular complexity index is 251. The van der Waals surface area contributed by atoms with Crippen LogP contribution < -0.4 is 0 Å². The third kappa shape index (κ3) is 1.89. The Kier molecular flexibility index (Phi) is 2.07. The smallest absolute Gasteiger partial charge is 0.0928 e. The van der Waals surface area contributed by atoms with Crippen LogP contribution in [0.15, 0.2) is 21.7 Å². The molecule has 1 fully saturated rings. The number of thiophene rings is 1. The molecule has 4 heteroatoms. The van der Waals surface area contributed by atoms with Gasteiger partial charge >= 0.3 is 0 Å². The lowest BCUT2D eigenvalue weighted by Crippen LogP contribution is -2.02. The molecule has 0 aromatic carbocycles. The molecule has 0 amide bonds. The summed E-state index contributed by atoms with van der Waals surface area (Å²) in [6.07, 6.45) is 0.262. The van der Waals surface area contributed by atoms with Gasteiger partial charge in [-0.2, -0.15) is 0 Å². The average molecular weight is 188 g/mol. The molecule has 0 N–H and O–H groups in total. The maximum Gasteiger partial charge on any atom is 0.0928 e. The van der Waals surface area contributed by atoms with Crippen molar-refractivity contribution in [2.24, 2.45) is 0 Å². The third-order valence-corrected chi connectivity index (χ3v) is 4.23. The molecular weight excluding hydrogens is 180 g/mol. The Morgan fingerprint density at radius 2 is 2.64 bits per heavy atom. The van der Waals surface area contributed by atoms with Crippen molar-refractivity contribution >= 4 is 22.1 Å². The van der Waals surface area contributed by atoms with Crippen LogP contribution in [-0.4, -0.2) is 22.7 Å². The van der Waals surface area contributed by atoms with Crippen LogP contribution in [0.1, 0.15) is 0 Å². The molecule has 1 aromatic heterocycles. The fourth-order valence-electron chi connectivity index (χ4n) is 0.808. The van der Waals surface area contributed by atoms with Crippen molar-refractivity contribution in [1.29, 1.82) is 0 Å². The van der Waals surface area contributed by atoms with Crippen molar-refractivity contribution in [2.45, 2.75) is 10.3 Å². The normalized spacial score (nSPS) is 24.9. The number of hydrogen-bond donors (Lipinski definition) is 0. The molecule has 2 heterocycles. The number of ether oxygens (including phenoxy) is 1. The van der Waals surface area contributed by atoms with E-state index in [-0.39, 0.29) is 6.10 Å². The minimum absolute atomic E-state index is 0.262. The molecule has 0 radical (unpaired) electrons. The Morgan fingerprint density at radius 3 is 3.18 bits per heavy atom. The van der Waals surface area contributed by atoms with Gasteiger partial charge in [0.25, 0.3) is 0 Å². The van der Waals surface area contributed by atoms with Gasteiger partial charge in [0.2, 0.25) is 0 Å². The highest BCUT2D eigenvalue weighted by atomic mass is 32.2. The average Bonchev–Trinajstić information content (AvgIpc) is 2.67. The minimum Gasteiger partial charge on any atom is -0.372 e. The van der Waals surface area contributed by atoms with E-state index >= 15 is 0 Å². The Morgan fingerprint density at radius 1 is 1.82 bits per heavy atom.